The van der Waals surface area contributed by atoms with Crippen molar-refractivity contribution in [3.8, 4) is 12.0 Å². The molecule has 0 amide bonds. The number of nitrogens with zero attached hydrogens (tertiary/aromatic N) is 5. The first-order chi connectivity index (χ1) is 9.78. The maximum absolute atomic E-state index is 9.22. The Hall–Kier alpha value is -2.62. The summed E-state index contributed by atoms with van der Waals surface area (Å²) in [5.41, 5.74) is 6.16. The number of nitriles is 1. The van der Waals surface area contributed by atoms with E-state index in [4.69, 9.17) is 5.73 Å². The van der Waals surface area contributed by atoms with Crippen molar-refractivity contribution < 1.29 is 0 Å². The Kier molecular flexibility index (Phi) is 3.21. The molecule has 0 radical (unpaired) electrons. The minimum Gasteiger partial charge on any atom is -0.382 e. The number of nitrogens with one attached hydrogen (secondary N) is 1. The molecule has 3 N–H and O–H groups in total. The van der Waals surface area contributed by atoms with E-state index in [1.54, 1.807) is 18.5 Å². The lowest BCUT2D eigenvalue weighted by Crippen LogP contribution is -2.19. The second kappa shape index (κ2) is 5.17. The van der Waals surface area contributed by atoms with E-state index in [0.717, 1.165) is 12.8 Å². The molecule has 7 nitrogen and oxygen atoms in total. The number of anilines is 2. The summed E-state index contributed by atoms with van der Waals surface area (Å²) in [7, 11) is 0. The Morgan fingerprint density at radius 2 is 2.15 bits per heavy atom. The van der Waals surface area contributed by atoms with Gasteiger partial charge in [-0.05, 0) is 18.9 Å². The SMILES string of the molecule is N#Cc1c(N)nc(-n2cccn2)nc1NC1CCCC1. The zero-order valence-corrected chi connectivity index (χ0v) is 11.0. The lowest BCUT2D eigenvalue weighted by atomic mass is 10.2. The molecular formula is C13H15N7. The first kappa shape index (κ1) is 12.4. The van der Waals surface area contributed by atoms with Gasteiger partial charge in [0.1, 0.15) is 17.5 Å². The smallest absolute Gasteiger partial charge is 0.254 e. The van der Waals surface area contributed by atoms with Gasteiger partial charge in [-0.2, -0.15) is 20.3 Å². The van der Waals surface area contributed by atoms with Crippen LogP contribution in [0.4, 0.5) is 11.6 Å². The standard InChI is InChI=1S/C13H15N7/c14-8-10-11(15)18-13(20-7-3-6-16-20)19-12(10)17-9-4-1-2-5-9/h3,6-7,9H,1-2,4-5H2,(H3,15,17,18,19). The highest BCUT2D eigenvalue weighted by molar-refractivity contribution is 5.64. The van der Waals surface area contributed by atoms with Gasteiger partial charge in [0, 0.05) is 18.4 Å². The fourth-order valence-electron chi connectivity index (χ4n) is 2.43. The molecule has 0 spiro atoms. The summed E-state index contributed by atoms with van der Waals surface area (Å²) in [6, 6.07) is 4.20. The first-order valence-electron chi connectivity index (χ1n) is 6.62. The molecule has 0 aliphatic heterocycles. The van der Waals surface area contributed by atoms with E-state index in [1.165, 1.54) is 17.5 Å². The summed E-state index contributed by atoms with van der Waals surface area (Å²) in [4.78, 5) is 8.51. The van der Waals surface area contributed by atoms with Crippen molar-refractivity contribution in [1.29, 1.82) is 5.26 Å². The van der Waals surface area contributed by atoms with Gasteiger partial charge in [-0.1, -0.05) is 12.8 Å². The molecule has 1 fully saturated rings. The van der Waals surface area contributed by atoms with Crippen LogP contribution >= 0.6 is 0 Å². The van der Waals surface area contributed by atoms with Gasteiger partial charge in [0.2, 0.25) is 0 Å². The fraction of sp³-hybridized carbons (Fsp3) is 0.385. The average molecular weight is 269 g/mol. The molecular weight excluding hydrogens is 254 g/mol. The number of aromatic nitrogens is 4. The van der Waals surface area contributed by atoms with Crippen molar-refractivity contribution in [2.24, 2.45) is 0 Å². The van der Waals surface area contributed by atoms with E-state index in [2.05, 4.69) is 26.5 Å². The van der Waals surface area contributed by atoms with Crippen molar-refractivity contribution in [2.75, 3.05) is 11.1 Å². The molecule has 2 aromatic rings. The topological polar surface area (TPSA) is 105 Å². The lowest BCUT2D eigenvalue weighted by Gasteiger charge is -2.15. The Bertz CT molecular complexity index is 635. The minimum absolute atomic E-state index is 0.175. The van der Waals surface area contributed by atoms with Gasteiger partial charge < -0.3 is 11.1 Å². The summed E-state index contributed by atoms with van der Waals surface area (Å²) in [5.74, 6) is 1.04. The van der Waals surface area contributed by atoms with Crippen LogP contribution in [0.1, 0.15) is 31.2 Å². The molecule has 0 atom stereocenters. The Morgan fingerprint density at radius 3 is 2.80 bits per heavy atom. The maximum Gasteiger partial charge on any atom is 0.254 e. The number of nitrogen functional groups attached to an aromatic ring is 1. The molecule has 0 aromatic carbocycles. The minimum atomic E-state index is 0.175. The third-order valence-corrected chi connectivity index (χ3v) is 3.44. The highest BCUT2D eigenvalue weighted by Gasteiger charge is 2.19. The predicted octanol–water partition coefficient (Wildman–Crippen LogP) is 1.47. The van der Waals surface area contributed by atoms with Gasteiger partial charge in [-0.3, -0.25) is 0 Å². The van der Waals surface area contributed by atoms with E-state index in [1.807, 2.05) is 0 Å². The van der Waals surface area contributed by atoms with Crippen LogP contribution in [0.5, 0.6) is 0 Å². The zero-order valence-electron chi connectivity index (χ0n) is 11.0. The molecule has 2 heterocycles. The van der Waals surface area contributed by atoms with Gasteiger partial charge in [-0.25, -0.2) is 4.68 Å². The van der Waals surface area contributed by atoms with E-state index < -0.39 is 0 Å². The molecule has 2 aromatic heterocycles. The van der Waals surface area contributed by atoms with Gasteiger partial charge in [0.05, 0.1) is 0 Å². The predicted molar refractivity (Wildman–Crippen MR) is 74.2 cm³/mol. The number of hydrogen-bond donors (Lipinski definition) is 2. The summed E-state index contributed by atoms with van der Waals surface area (Å²) in [5, 5.41) is 16.6. The quantitative estimate of drug-likeness (QED) is 0.874. The fourth-order valence-corrected chi connectivity index (χ4v) is 2.43. The Labute approximate surface area is 116 Å². The molecule has 3 rings (SSSR count). The Morgan fingerprint density at radius 1 is 1.35 bits per heavy atom. The summed E-state index contributed by atoms with van der Waals surface area (Å²) in [6.45, 7) is 0. The van der Waals surface area contributed by atoms with Gasteiger partial charge in [0.15, 0.2) is 5.82 Å². The van der Waals surface area contributed by atoms with Crippen molar-refractivity contribution in [3.05, 3.63) is 24.0 Å². The van der Waals surface area contributed by atoms with Crippen molar-refractivity contribution >= 4 is 11.6 Å². The molecule has 102 valence electrons. The highest BCUT2D eigenvalue weighted by Crippen LogP contribution is 2.25. The van der Waals surface area contributed by atoms with Gasteiger partial charge in [0.25, 0.3) is 5.95 Å². The molecule has 1 aliphatic rings. The Balaban J connectivity index is 1.99. The van der Waals surface area contributed by atoms with Crippen LogP contribution in [0.2, 0.25) is 0 Å². The lowest BCUT2D eigenvalue weighted by molar-refractivity contribution is 0.743. The van der Waals surface area contributed by atoms with Crippen LogP contribution < -0.4 is 11.1 Å². The van der Waals surface area contributed by atoms with E-state index >= 15 is 0 Å². The van der Waals surface area contributed by atoms with Crippen LogP contribution in [0.15, 0.2) is 18.5 Å². The molecule has 0 saturated heterocycles. The van der Waals surface area contributed by atoms with Crippen molar-refractivity contribution in [3.63, 3.8) is 0 Å². The third kappa shape index (κ3) is 2.28. The molecule has 0 bridgehead atoms. The van der Waals surface area contributed by atoms with E-state index in [-0.39, 0.29) is 5.82 Å². The molecule has 7 heteroatoms. The zero-order chi connectivity index (χ0) is 13.9. The first-order valence-corrected chi connectivity index (χ1v) is 6.62. The summed E-state index contributed by atoms with van der Waals surface area (Å²) in [6.07, 6.45) is 7.96. The van der Waals surface area contributed by atoms with Crippen LogP contribution in [0.25, 0.3) is 5.95 Å². The normalized spacial score (nSPS) is 15.2. The molecule has 1 saturated carbocycles. The highest BCUT2D eigenvalue weighted by atomic mass is 15.3. The number of nitrogens with two attached hydrogens (primary N) is 1. The van der Waals surface area contributed by atoms with Crippen LogP contribution in [-0.4, -0.2) is 25.8 Å². The summed E-state index contributed by atoms with van der Waals surface area (Å²) >= 11 is 0. The number of hydrogen-bond acceptors (Lipinski definition) is 6. The second-order valence-electron chi connectivity index (χ2n) is 4.82. The maximum atomic E-state index is 9.22. The monoisotopic (exact) mass is 269 g/mol. The molecule has 1 aliphatic carbocycles. The van der Waals surface area contributed by atoms with Gasteiger partial charge >= 0.3 is 0 Å². The van der Waals surface area contributed by atoms with E-state index in [0.29, 0.717) is 23.4 Å². The van der Waals surface area contributed by atoms with Gasteiger partial charge in [-0.15, -0.1) is 0 Å². The average Bonchev–Trinajstić information content (AvgIpc) is 3.11. The van der Waals surface area contributed by atoms with Crippen LogP contribution in [0.3, 0.4) is 0 Å². The van der Waals surface area contributed by atoms with E-state index in [9.17, 15) is 5.26 Å². The number of rotatable bonds is 3. The second-order valence-corrected chi connectivity index (χ2v) is 4.82. The molecule has 20 heavy (non-hydrogen) atoms. The third-order valence-electron chi connectivity index (χ3n) is 3.44. The van der Waals surface area contributed by atoms with Crippen LogP contribution in [0, 0.1) is 11.3 Å². The van der Waals surface area contributed by atoms with Crippen molar-refractivity contribution in [2.45, 2.75) is 31.7 Å². The molecule has 0 unspecified atom stereocenters. The van der Waals surface area contributed by atoms with Crippen molar-refractivity contribution in [1.82, 2.24) is 19.7 Å². The largest absolute Gasteiger partial charge is 0.382 e. The van der Waals surface area contributed by atoms with Crippen LogP contribution in [-0.2, 0) is 0 Å². The summed E-state index contributed by atoms with van der Waals surface area (Å²) < 4.78 is 1.53.